The maximum atomic E-state index is 4.80. The standard InChI is InChI=1S/C6H5N3.C5H6O/c1-2-4-6-5(3-1)7-9-8-6;1-2-4-6-5-3-1/h1-4H,(H,7,8,9);1-4H,5H2. The quantitative estimate of drug-likeness (QED) is 0.709. The van der Waals surface area contributed by atoms with Crippen LogP contribution in [0.4, 0.5) is 0 Å². The number of benzene rings is 1. The summed E-state index contributed by atoms with van der Waals surface area (Å²) in [6.07, 6.45) is 7.47. The highest BCUT2D eigenvalue weighted by molar-refractivity contribution is 5.72. The van der Waals surface area contributed by atoms with E-state index in [0.717, 1.165) is 17.6 Å². The van der Waals surface area contributed by atoms with Crippen LogP contribution in [0.25, 0.3) is 11.0 Å². The number of H-pyrrole nitrogens is 1. The number of para-hydroxylation sites is 1. The molecule has 4 heteroatoms. The number of fused-ring (bicyclic) bond motifs is 1. The summed E-state index contributed by atoms with van der Waals surface area (Å²) in [6, 6.07) is 7.74. The number of nitrogens with zero attached hydrogens (tertiary/aromatic N) is 2. The first-order valence-corrected chi connectivity index (χ1v) is 4.66. The van der Waals surface area contributed by atoms with Crippen molar-refractivity contribution in [2.45, 2.75) is 0 Å². The van der Waals surface area contributed by atoms with Gasteiger partial charge in [0.1, 0.15) is 12.1 Å². The van der Waals surface area contributed by atoms with Crippen LogP contribution in [0.1, 0.15) is 0 Å². The molecule has 1 aromatic heterocycles. The van der Waals surface area contributed by atoms with E-state index in [4.69, 9.17) is 4.74 Å². The molecule has 0 spiro atoms. The summed E-state index contributed by atoms with van der Waals surface area (Å²) in [4.78, 5) is 0. The predicted molar refractivity (Wildman–Crippen MR) is 58.1 cm³/mol. The molecule has 0 saturated heterocycles. The van der Waals surface area contributed by atoms with E-state index >= 15 is 0 Å². The highest BCUT2D eigenvalue weighted by atomic mass is 16.5. The van der Waals surface area contributed by atoms with Gasteiger partial charge in [0.15, 0.2) is 0 Å². The van der Waals surface area contributed by atoms with Crippen LogP contribution >= 0.6 is 0 Å². The third-order valence-corrected chi connectivity index (χ3v) is 1.85. The maximum absolute atomic E-state index is 4.80. The van der Waals surface area contributed by atoms with Gasteiger partial charge >= 0.3 is 0 Å². The Balaban J connectivity index is 0.000000124. The lowest BCUT2D eigenvalue weighted by molar-refractivity contribution is 0.286. The Morgan fingerprint density at radius 2 is 2.13 bits per heavy atom. The summed E-state index contributed by atoms with van der Waals surface area (Å²) < 4.78 is 4.80. The molecule has 0 saturated carbocycles. The average Bonchev–Trinajstić information content (AvgIpc) is 2.80. The van der Waals surface area contributed by atoms with Crippen molar-refractivity contribution < 1.29 is 4.74 Å². The SMILES string of the molecule is C1=CCOC=C1.c1ccc2[nH]nnc2c1. The van der Waals surface area contributed by atoms with Crippen molar-refractivity contribution in [3.8, 4) is 0 Å². The topological polar surface area (TPSA) is 50.8 Å². The summed E-state index contributed by atoms with van der Waals surface area (Å²) in [5, 5.41) is 10.2. The van der Waals surface area contributed by atoms with Crippen LogP contribution in [0, 0.1) is 0 Å². The van der Waals surface area contributed by atoms with Crippen molar-refractivity contribution in [2.24, 2.45) is 0 Å². The van der Waals surface area contributed by atoms with Crippen molar-refractivity contribution in [1.82, 2.24) is 15.4 Å². The summed E-state index contributed by atoms with van der Waals surface area (Å²) >= 11 is 0. The van der Waals surface area contributed by atoms with Crippen molar-refractivity contribution in [2.75, 3.05) is 6.61 Å². The lowest BCUT2D eigenvalue weighted by Crippen LogP contribution is -1.82. The van der Waals surface area contributed by atoms with Crippen LogP contribution < -0.4 is 0 Å². The van der Waals surface area contributed by atoms with Gasteiger partial charge in [0.05, 0.1) is 11.8 Å². The third-order valence-electron chi connectivity index (χ3n) is 1.85. The molecule has 4 nitrogen and oxygen atoms in total. The molecule has 3 rings (SSSR count). The van der Waals surface area contributed by atoms with Gasteiger partial charge in [0, 0.05) is 0 Å². The van der Waals surface area contributed by atoms with Crippen LogP contribution in [0.2, 0.25) is 0 Å². The largest absolute Gasteiger partial charge is 0.497 e. The molecule has 1 aromatic carbocycles. The van der Waals surface area contributed by atoms with Crippen molar-refractivity contribution in [1.29, 1.82) is 0 Å². The maximum Gasteiger partial charge on any atom is 0.112 e. The van der Waals surface area contributed by atoms with E-state index < -0.39 is 0 Å². The Morgan fingerprint density at radius 3 is 2.73 bits per heavy atom. The van der Waals surface area contributed by atoms with Crippen molar-refractivity contribution >= 4 is 11.0 Å². The first kappa shape index (κ1) is 9.45. The molecule has 0 unspecified atom stereocenters. The molecule has 0 amide bonds. The zero-order chi connectivity index (χ0) is 10.3. The van der Waals surface area contributed by atoms with Gasteiger partial charge in [-0.25, -0.2) is 0 Å². The molecule has 0 aliphatic carbocycles. The van der Waals surface area contributed by atoms with E-state index in [1.165, 1.54) is 0 Å². The first-order valence-electron chi connectivity index (χ1n) is 4.66. The molecular weight excluding hydrogens is 190 g/mol. The number of ether oxygens (including phenoxy) is 1. The number of nitrogens with one attached hydrogen (secondary N) is 1. The Bertz CT molecular complexity index is 431. The summed E-state index contributed by atoms with van der Waals surface area (Å²) in [6.45, 7) is 0.733. The van der Waals surface area contributed by atoms with Crippen LogP contribution in [0.3, 0.4) is 0 Å². The Kier molecular flexibility index (Phi) is 3.12. The van der Waals surface area contributed by atoms with E-state index in [2.05, 4.69) is 15.4 Å². The number of aromatic amines is 1. The lowest BCUT2D eigenvalue weighted by atomic mass is 10.3. The number of allylic oxidation sites excluding steroid dienone is 2. The Labute approximate surface area is 87.3 Å². The van der Waals surface area contributed by atoms with Crippen LogP contribution in [-0.4, -0.2) is 22.0 Å². The van der Waals surface area contributed by atoms with Crippen LogP contribution in [0.5, 0.6) is 0 Å². The van der Waals surface area contributed by atoms with Crippen molar-refractivity contribution in [3.05, 3.63) is 48.8 Å². The van der Waals surface area contributed by atoms with E-state index in [0.29, 0.717) is 0 Å². The number of aromatic nitrogens is 3. The highest BCUT2D eigenvalue weighted by Gasteiger charge is 1.90. The Morgan fingerprint density at radius 1 is 1.20 bits per heavy atom. The molecule has 1 aliphatic heterocycles. The molecule has 2 heterocycles. The molecule has 76 valence electrons. The minimum Gasteiger partial charge on any atom is -0.497 e. The number of hydrogen-bond acceptors (Lipinski definition) is 3. The normalized spacial score (nSPS) is 13.1. The average molecular weight is 201 g/mol. The van der Waals surface area contributed by atoms with Crippen LogP contribution in [0.15, 0.2) is 48.8 Å². The smallest absolute Gasteiger partial charge is 0.112 e. The first-order chi connectivity index (χ1) is 7.47. The van der Waals surface area contributed by atoms with Gasteiger partial charge in [-0.1, -0.05) is 23.4 Å². The molecule has 2 aromatic rings. The molecular formula is C11H11N3O. The molecule has 0 bridgehead atoms. The summed E-state index contributed by atoms with van der Waals surface area (Å²) in [7, 11) is 0. The molecule has 1 aliphatic rings. The monoisotopic (exact) mass is 201 g/mol. The van der Waals surface area contributed by atoms with Gasteiger partial charge in [0.25, 0.3) is 0 Å². The third kappa shape index (κ3) is 2.67. The van der Waals surface area contributed by atoms with Gasteiger partial charge < -0.3 is 4.74 Å². The zero-order valence-electron chi connectivity index (χ0n) is 8.13. The lowest BCUT2D eigenvalue weighted by Gasteiger charge is -1.94. The van der Waals surface area contributed by atoms with E-state index in [9.17, 15) is 0 Å². The number of rotatable bonds is 0. The van der Waals surface area contributed by atoms with E-state index in [1.807, 2.05) is 42.5 Å². The minimum absolute atomic E-state index is 0.733. The summed E-state index contributed by atoms with van der Waals surface area (Å²) in [5.41, 5.74) is 1.90. The molecule has 0 fully saturated rings. The van der Waals surface area contributed by atoms with Crippen molar-refractivity contribution in [3.63, 3.8) is 0 Å². The van der Waals surface area contributed by atoms with Crippen LogP contribution in [-0.2, 0) is 4.74 Å². The second-order valence-corrected chi connectivity index (χ2v) is 2.92. The zero-order valence-corrected chi connectivity index (χ0v) is 8.13. The fourth-order valence-corrected chi connectivity index (χ4v) is 1.13. The fraction of sp³-hybridized carbons (Fsp3) is 0.0909. The van der Waals surface area contributed by atoms with Gasteiger partial charge in [-0.15, -0.1) is 5.10 Å². The fourth-order valence-electron chi connectivity index (χ4n) is 1.13. The predicted octanol–water partition coefficient (Wildman–Crippen LogP) is 2.04. The molecule has 0 atom stereocenters. The highest BCUT2D eigenvalue weighted by Crippen LogP contribution is 2.03. The van der Waals surface area contributed by atoms with Gasteiger partial charge in [-0.2, -0.15) is 0 Å². The van der Waals surface area contributed by atoms with Gasteiger partial charge in [-0.05, 0) is 24.3 Å². The van der Waals surface area contributed by atoms with Gasteiger partial charge in [0.2, 0.25) is 0 Å². The Hall–Kier alpha value is -2.10. The molecule has 0 radical (unpaired) electrons. The summed E-state index contributed by atoms with van der Waals surface area (Å²) in [5.74, 6) is 0. The molecule has 1 N–H and O–H groups in total. The van der Waals surface area contributed by atoms with E-state index in [1.54, 1.807) is 6.26 Å². The molecule has 15 heavy (non-hydrogen) atoms. The second kappa shape index (κ2) is 4.95. The second-order valence-electron chi connectivity index (χ2n) is 2.92. The minimum atomic E-state index is 0.733. The van der Waals surface area contributed by atoms with E-state index in [-0.39, 0.29) is 0 Å². The number of hydrogen-bond donors (Lipinski definition) is 1. The van der Waals surface area contributed by atoms with Gasteiger partial charge in [-0.3, -0.25) is 5.10 Å².